The zero-order valence-electron chi connectivity index (χ0n) is 10.8. The van der Waals surface area contributed by atoms with Crippen LogP contribution in [0.5, 0.6) is 0 Å². The smallest absolute Gasteiger partial charge is 0.324 e. The lowest BCUT2D eigenvalue weighted by Crippen LogP contribution is -2.50. The van der Waals surface area contributed by atoms with Crippen molar-refractivity contribution in [3.8, 4) is 0 Å². The molecular weight excluding hydrogens is 250 g/mol. The number of carbonyl (C=O) groups is 1. The Morgan fingerprint density at radius 2 is 2.06 bits per heavy atom. The zero-order valence-corrected chi connectivity index (χ0v) is 11.6. The molecule has 0 aliphatic carbocycles. The van der Waals surface area contributed by atoms with E-state index in [0.717, 1.165) is 6.42 Å². The van der Waals surface area contributed by atoms with Gasteiger partial charge in [-0.05, 0) is 19.8 Å². The van der Waals surface area contributed by atoms with Crippen molar-refractivity contribution in [2.45, 2.75) is 51.8 Å². The Kier molecular flexibility index (Phi) is 10.0. The number of nitrogens with two attached hydrogens (primary N) is 2. The van der Waals surface area contributed by atoms with Gasteiger partial charge >= 0.3 is 5.97 Å². The highest BCUT2D eigenvalue weighted by Crippen LogP contribution is 2.21. The second-order valence-corrected chi connectivity index (χ2v) is 5.43. The normalized spacial score (nSPS) is 16.6. The van der Waals surface area contributed by atoms with Gasteiger partial charge < -0.3 is 16.6 Å². The minimum absolute atomic E-state index is 0. The number of nitrogens with zero attached hydrogens (tertiary/aromatic N) is 1. The van der Waals surface area contributed by atoms with Crippen molar-refractivity contribution in [1.29, 1.82) is 0 Å². The van der Waals surface area contributed by atoms with E-state index in [4.69, 9.17) is 16.6 Å². The van der Waals surface area contributed by atoms with E-state index < -0.39 is 11.5 Å². The number of carboxylic acid groups (broad SMARTS) is 1. The first-order chi connectivity index (χ1) is 7.85. The van der Waals surface area contributed by atoms with Gasteiger partial charge in [-0.2, -0.15) is 11.8 Å². The summed E-state index contributed by atoms with van der Waals surface area (Å²) in [7, 11) is 0. The van der Waals surface area contributed by atoms with Gasteiger partial charge in [0.05, 0.1) is 12.4 Å². The highest BCUT2D eigenvalue weighted by atomic mass is 32.2. The summed E-state index contributed by atoms with van der Waals surface area (Å²) in [6.07, 6.45) is 1.34. The highest BCUT2D eigenvalue weighted by molar-refractivity contribution is 8.00. The average molecular weight is 277 g/mol. The monoisotopic (exact) mass is 277 g/mol. The molecular formula is C12H27N3O2S. The standard InChI is InChI=1S/C11H23N3O2S.CH4/c1-4-9(6-14-8(3)12)17-7-11(13,5-2)10(15)16;/h9H,4-7,13H2,1-3H3,(H2,12,14)(H,15,16);1H4. The van der Waals surface area contributed by atoms with Gasteiger partial charge in [0.1, 0.15) is 5.54 Å². The summed E-state index contributed by atoms with van der Waals surface area (Å²) in [5, 5.41) is 9.32. The Balaban J connectivity index is 0. The molecule has 5 N–H and O–H groups in total. The van der Waals surface area contributed by atoms with E-state index in [1.54, 1.807) is 25.6 Å². The fourth-order valence-electron chi connectivity index (χ4n) is 1.13. The second-order valence-electron chi connectivity index (χ2n) is 4.14. The van der Waals surface area contributed by atoms with E-state index >= 15 is 0 Å². The fourth-order valence-corrected chi connectivity index (χ4v) is 2.40. The van der Waals surface area contributed by atoms with Crippen LogP contribution < -0.4 is 11.5 Å². The maximum atomic E-state index is 11.0. The number of rotatable bonds is 8. The number of aliphatic imine (C=N–C) groups is 1. The Morgan fingerprint density at radius 3 is 2.39 bits per heavy atom. The molecule has 0 amide bonds. The molecule has 0 heterocycles. The van der Waals surface area contributed by atoms with E-state index in [1.807, 2.05) is 6.92 Å². The summed E-state index contributed by atoms with van der Waals surface area (Å²) in [5.41, 5.74) is 10.2. The van der Waals surface area contributed by atoms with Gasteiger partial charge in [-0.25, -0.2) is 0 Å². The van der Waals surface area contributed by atoms with Crippen molar-refractivity contribution in [2.75, 3.05) is 12.3 Å². The predicted molar refractivity (Wildman–Crippen MR) is 80.3 cm³/mol. The molecule has 0 rings (SSSR count). The van der Waals surface area contributed by atoms with Gasteiger partial charge in [-0.15, -0.1) is 0 Å². The molecule has 0 fully saturated rings. The number of carboxylic acids is 1. The summed E-state index contributed by atoms with van der Waals surface area (Å²) in [6, 6.07) is 0. The first-order valence-corrected chi connectivity index (χ1v) is 6.81. The summed E-state index contributed by atoms with van der Waals surface area (Å²) in [6.45, 7) is 6.19. The number of hydrogen-bond donors (Lipinski definition) is 3. The third-order valence-corrected chi connectivity index (χ3v) is 4.27. The number of aliphatic carboxylic acids is 1. The molecule has 0 aliphatic rings. The number of hydrogen-bond acceptors (Lipinski definition) is 4. The summed E-state index contributed by atoms with van der Waals surface area (Å²) in [5.74, 6) is 0.00822. The van der Waals surface area contributed by atoms with Crippen LogP contribution in [0.2, 0.25) is 0 Å². The van der Waals surface area contributed by atoms with Crippen LogP contribution in [-0.4, -0.2) is 40.0 Å². The average Bonchev–Trinajstić information content (AvgIpc) is 2.28. The van der Waals surface area contributed by atoms with E-state index in [0.29, 0.717) is 24.6 Å². The third kappa shape index (κ3) is 6.86. The van der Waals surface area contributed by atoms with Crippen molar-refractivity contribution in [1.82, 2.24) is 0 Å². The van der Waals surface area contributed by atoms with E-state index in [-0.39, 0.29) is 12.7 Å². The molecule has 0 saturated carbocycles. The van der Waals surface area contributed by atoms with Crippen molar-refractivity contribution >= 4 is 23.6 Å². The molecule has 6 heteroatoms. The Bertz CT molecular complexity index is 280. The quantitative estimate of drug-likeness (QED) is 0.463. The molecule has 0 radical (unpaired) electrons. The van der Waals surface area contributed by atoms with Gasteiger partial charge in [0, 0.05) is 11.0 Å². The molecule has 0 aromatic rings. The molecule has 0 spiro atoms. The summed E-state index contributed by atoms with van der Waals surface area (Å²) >= 11 is 1.55. The van der Waals surface area contributed by atoms with Crippen LogP contribution in [0.1, 0.15) is 41.0 Å². The van der Waals surface area contributed by atoms with E-state index in [9.17, 15) is 4.79 Å². The molecule has 5 nitrogen and oxygen atoms in total. The molecule has 2 unspecified atom stereocenters. The van der Waals surface area contributed by atoms with Crippen LogP contribution in [0.3, 0.4) is 0 Å². The highest BCUT2D eigenvalue weighted by Gasteiger charge is 2.32. The van der Waals surface area contributed by atoms with Crippen molar-refractivity contribution in [3.63, 3.8) is 0 Å². The molecule has 2 atom stereocenters. The molecule has 0 aliphatic heterocycles. The van der Waals surface area contributed by atoms with Gasteiger partial charge in [0.15, 0.2) is 0 Å². The molecule has 0 aromatic heterocycles. The van der Waals surface area contributed by atoms with Crippen LogP contribution in [0.15, 0.2) is 4.99 Å². The maximum Gasteiger partial charge on any atom is 0.324 e. The van der Waals surface area contributed by atoms with Crippen LogP contribution in [0, 0.1) is 0 Å². The number of thioether (sulfide) groups is 1. The summed E-state index contributed by atoms with van der Waals surface area (Å²) < 4.78 is 0. The summed E-state index contributed by atoms with van der Waals surface area (Å²) in [4.78, 5) is 15.2. The Morgan fingerprint density at radius 1 is 1.50 bits per heavy atom. The van der Waals surface area contributed by atoms with Crippen molar-refractivity contribution in [3.05, 3.63) is 0 Å². The largest absolute Gasteiger partial charge is 0.480 e. The first kappa shape index (κ1) is 19.6. The number of amidine groups is 1. The molecule has 18 heavy (non-hydrogen) atoms. The topological polar surface area (TPSA) is 102 Å². The second kappa shape index (κ2) is 9.22. The minimum atomic E-state index is -1.14. The fraction of sp³-hybridized carbons (Fsp3) is 0.833. The molecule has 0 saturated heterocycles. The van der Waals surface area contributed by atoms with Crippen LogP contribution >= 0.6 is 11.8 Å². The molecule has 0 aromatic carbocycles. The minimum Gasteiger partial charge on any atom is -0.480 e. The van der Waals surface area contributed by atoms with Crippen LogP contribution in [0.4, 0.5) is 0 Å². The third-order valence-electron chi connectivity index (χ3n) is 2.63. The Hall–Kier alpha value is -0.750. The van der Waals surface area contributed by atoms with Gasteiger partial charge in [-0.1, -0.05) is 21.3 Å². The van der Waals surface area contributed by atoms with Crippen LogP contribution in [0.25, 0.3) is 0 Å². The molecule has 108 valence electrons. The Labute approximate surface area is 114 Å². The molecule has 0 bridgehead atoms. The lowest BCUT2D eigenvalue weighted by atomic mass is 10.0. The van der Waals surface area contributed by atoms with Gasteiger partial charge in [0.25, 0.3) is 0 Å². The lowest BCUT2D eigenvalue weighted by molar-refractivity contribution is -0.142. The van der Waals surface area contributed by atoms with Gasteiger partial charge in [-0.3, -0.25) is 9.79 Å². The zero-order chi connectivity index (χ0) is 13.5. The van der Waals surface area contributed by atoms with Gasteiger partial charge in [0.2, 0.25) is 0 Å². The van der Waals surface area contributed by atoms with Crippen molar-refractivity contribution < 1.29 is 9.90 Å². The van der Waals surface area contributed by atoms with E-state index in [1.165, 1.54) is 0 Å². The predicted octanol–water partition coefficient (Wildman–Crippen LogP) is 1.70. The SMILES string of the molecule is C.CCC(CN=C(C)N)SCC(N)(CC)C(=O)O. The van der Waals surface area contributed by atoms with Crippen LogP contribution in [-0.2, 0) is 4.79 Å². The van der Waals surface area contributed by atoms with E-state index in [2.05, 4.69) is 4.99 Å². The lowest BCUT2D eigenvalue weighted by Gasteiger charge is -2.24. The first-order valence-electron chi connectivity index (χ1n) is 5.76. The van der Waals surface area contributed by atoms with Crippen molar-refractivity contribution in [2.24, 2.45) is 16.5 Å². The maximum absolute atomic E-state index is 11.0.